The first-order valence-corrected chi connectivity index (χ1v) is 6.76. The molecule has 3 nitrogen and oxygen atoms in total. The number of carboxylic acid groups (broad SMARTS) is 1. The number of aromatic carboxylic acids is 1. The minimum absolute atomic E-state index is 0.152. The molecule has 0 fully saturated rings. The highest BCUT2D eigenvalue weighted by atomic mass is 35.5. The lowest BCUT2D eigenvalue weighted by Crippen LogP contribution is -2.09. The van der Waals surface area contributed by atoms with E-state index in [1.54, 1.807) is 0 Å². The van der Waals surface area contributed by atoms with Crippen molar-refractivity contribution in [3.63, 3.8) is 0 Å². The molecule has 1 N–H and O–H groups in total. The summed E-state index contributed by atoms with van der Waals surface area (Å²) in [7, 11) is 0. The lowest BCUT2D eigenvalue weighted by Gasteiger charge is -2.20. The Bertz CT molecular complexity index is 672. The largest absolute Gasteiger partial charge is 0.478 e. The van der Waals surface area contributed by atoms with Gasteiger partial charge in [-0.2, -0.15) is 0 Å². The Morgan fingerprint density at radius 1 is 1.37 bits per heavy atom. The van der Waals surface area contributed by atoms with E-state index in [-0.39, 0.29) is 11.6 Å². The topological polar surface area (TPSA) is 42.2 Å². The Balaban J connectivity index is 2.29. The molecule has 1 unspecified atom stereocenters. The van der Waals surface area contributed by atoms with Gasteiger partial charge in [0.2, 0.25) is 0 Å². The van der Waals surface area contributed by atoms with E-state index in [9.17, 15) is 9.90 Å². The molecule has 3 rings (SSSR count). The van der Waals surface area contributed by atoms with Crippen molar-refractivity contribution in [1.82, 2.24) is 4.57 Å². The van der Waals surface area contributed by atoms with Crippen molar-refractivity contribution in [3.8, 4) is 0 Å². The molecule has 98 valence electrons. The molecule has 1 aliphatic carbocycles. The van der Waals surface area contributed by atoms with Crippen LogP contribution >= 0.6 is 11.6 Å². The van der Waals surface area contributed by atoms with Gasteiger partial charge in [-0.3, -0.25) is 0 Å². The molecule has 2 aromatic rings. The van der Waals surface area contributed by atoms with Crippen molar-refractivity contribution in [2.45, 2.75) is 25.3 Å². The van der Waals surface area contributed by atoms with Crippen molar-refractivity contribution < 1.29 is 9.90 Å². The summed E-state index contributed by atoms with van der Waals surface area (Å²) in [5.41, 5.74) is 1.10. The number of fused-ring (bicyclic) bond motifs is 1. The van der Waals surface area contributed by atoms with Crippen LogP contribution in [0, 0.1) is 0 Å². The van der Waals surface area contributed by atoms with E-state index in [2.05, 4.69) is 12.2 Å². The molecule has 0 spiro atoms. The quantitative estimate of drug-likeness (QED) is 0.832. The maximum Gasteiger partial charge on any atom is 0.339 e. The van der Waals surface area contributed by atoms with Gasteiger partial charge in [0.25, 0.3) is 0 Å². The van der Waals surface area contributed by atoms with E-state index >= 15 is 0 Å². The highest BCUT2D eigenvalue weighted by Gasteiger charge is 2.24. The van der Waals surface area contributed by atoms with Gasteiger partial charge in [-0.05, 0) is 25.3 Å². The monoisotopic (exact) mass is 275 g/mol. The second-order valence-electron chi connectivity index (χ2n) is 4.78. The van der Waals surface area contributed by atoms with E-state index in [4.69, 9.17) is 11.6 Å². The second kappa shape index (κ2) is 4.74. The molecule has 1 aromatic carbocycles. The van der Waals surface area contributed by atoms with Gasteiger partial charge < -0.3 is 9.67 Å². The molecular formula is C15H14ClNO2. The van der Waals surface area contributed by atoms with Gasteiger partial charge in [0, 0.05) is 5.39 Å². The number of carbonyl (C=O) groups is 1. The molecule has 1 aliphatic rings. The summed E-state index contributed by atoms with van der Waals surface area (Å²) in [6.07, 6.45) is 7.44. The number of aromatic nitrogens is 1. The Morgan fingerprint density at radius 2 is 2.16 bits per heavy atom. The zero-order valence-corrected chi connectivity index (χ0v) is 11.1. The molecule has 0 bridgehead atoms. The van der Waals surface area contributed by atoms with Crippen molar-refractivity contribution in [3.05, 3.63) is 47.1 Å². The van der Waals surface area contributed by atoms with Crippen molar-refractivity contribution >= 4 is 28.5 Å². The van der Waals surface area contributed by atoms with Crippen molar-refractivity contribution in [2.75, 3.05) is 0 Å². The van der Waals surface area contributed by atoms with E-state index in [0.717, 1.165) is 24.8 Å². The van der Waals surface area contributed by atoms with E-state index in [1.807, 2.05) is 28.8 Å². The molecule has 0 radical (unpaired) electrons. The maximum absolute atomic E-state index is 11.4. The third kappa shape index (κ3) is 1.94. The molecule has 0 saturated carbocycles. The molecule has 1 atom stereocenters. The minimum Gasteiger partial charge on any atom is -0.478 e. The fraction of sp³-hybridized carbons (Fsp3) is 0.267. The van der Waals surface area contributed by atoms with Crippen molar-refractivity contribution in [2.24, 2.45) is 0 Å². The number of benzene rings is 1. The molecule has 0 saturated heterocycles. The summed E-state index contributed by atoms with van der Waals surface area (Å²) in [5, 5.41) is 10.4. The average molecular weight is 276 g/mol. The lowest BCUT2D eigenvalue weighted by atomic mass is 10.0. The first kappa shape index (κ1) is 12.3. The molecule has 1 heterocycles. The molecule has 19 heavy (non-hydrogen) atoms. The number of allylic oxidation sites excluding steroid dienone is 2. The molecule has 0 amide bonds. The number of nitrogens with zero attached hydrogens (tertiary/aromatic N) is 1. The van der Waals surface area contributed by atoms with Crippen LogP contribution in [0.2, 0.25) is 5.15 Å². The van der Waals surface area contributed by atoms with Crippen LogP contribution in [0.15, 0.2) is 36.4 Å². The van der Waals surface area contributed by atoms with Crippen LogP contribution in [-0.4, -0.2) is 15.6 Å². The third-order valence-electron chi connectivity index (χ3n) is 3.63. The van der Waals surface area contributed by atoms with Crippen molar-refractivity contribution in [1.29, 1.82) is 0 Å². The van der Waals surface area contributed by atoms with Gasteiger partial charge in [0.15, 0.2) is 0 Å². The van der Waals surface area contributed by atoms with Gasteiger partial charge in [0.1, 0.15) is 10.7 Å². The molecule has 0 aliphatic heterocycles. The zero-order chi connectivity index (χ0) is 13.4. The van der Waals surface area contributed by atoms with Crippen LogP contribution < -0.4 is 0 Å². The van der Waals surface area contributed by atoms with E-state index in [0.29, 0.717) is 10.5 Å². The predicted molar refractivity (Wildman–Crippen MR) is 75.9 cm³/mol. The SMILES string of the molecule is O=C(O)c1c(Cl)n(C2C=CCCC2)c2ccccc12. The zero-order valence-electron chi connectivity index (χ0n) is 10.3. The Labute approximate surface area is 116 Å². The highest BCUT2D eigenvalue weighted by Crippen LogP contribution is 2.36. The summed E-state index contributed by atoms with van der Waals surface area (Å²) in [4.78, 5) is 11.4. The van der Waals surface area contributed by atoms with Crippen LogP contribution in [0.3, 0.4) is 0 Å². The molecule has 1 aromatic heterocycles. The molecule has 4 heteroatoms. The van der Waals surface area contributed by atoms with Gasteiger partial charge in [-0.25, -0.2) is 4.79 Å². The maximum atomic E-state index is 11.4. The third-order valence-corrected chi connectivity index (χ3v) is 4.00. The predicted octanol–water partition coefficient (Wildman–Crippen LogP) is 4.27. The fourth-order valence-electron chi connectivity index (χ4n) is 2.77. The number of halogens is 1. The normalized spacial score (nSPS) is 18.9. The number of carboxylic acids is 1. The van der Waals surface area contributed by atoms with Gasteiger partial charge >= 0.3 is 5.97 Å². The van der Waals surface area contributed by atoms with E-state index in [1.165, 1.54) is 0 Å². The number of para-hydroxylation sites is 1. The Kier molecular flexibility index (Phi) is 3.07. The van der Waals surface area contributed by atoms with E-state index < -0.39 is 5.97 Å². The summed E-state index contributed by atoms with van der Waals surface area (Å²) in [6.45, 7) is 0. The number of rotatable bonds is 2. The van der Waals surface area contributed by atoms with Crippen LogP contribution in [0.25, 0.3) is 10.9 Å². The fourth-order valence-corrected chi connectivity index (χ4v) is 3.17. The van der Waals surface area contributed by atoms with Crippen LogP contribution in [0.4, 0.5) is 0 Å². The van der Waals surface area contributed by atoms with Crippen LogP contribution in [-0.2, 0) is 0 Å². The smallest absolute Gasteiger partial charge is 0.339 e. The average Bonchev–Trinajstić information content (AvgIpc) is 2.71. The minimum atomic E-state index is -0.972. The Morgan fingerprint density at radius 3 is 2.84 bits per heavy atom. The summed E-state index contributed by atoms with van der Waals surface area (Å²) < 4.78 is 1.94. The highest BCUT2D eigenvalue weighted by molar-refractivity contribution is 6.35. The first-order chi connectivity index (χ1) is 9.20. The summed E-state index contributed by atoms with van der Waals surface area (Å²) >= 11 is 6.33. The summed E-state index contributed by atoms with van der Waals surface area (Å²) in [5.74, 6) is -0.972. The summed E-state index contributed by atoms with van der Waals surface area (Å²) in [6, 6.07) is 7.64. The van der Waals surface area contributed by atoms with Crippen LogP contribution in [0.5, 0.6) is 0 Å². The Hall–Kier alpha value is -1.74. The van der Waals surface area contributed by atoms with Gasteiger partial charge in [0.05, 0.1) is 11.6 Å². The second-order valence-corrected chi connectivity index (χ2v) is 5.14. The lowest BCUT2D eigenvalue weighted by molar-refractivity contribution is 0.0699. The first-order valence-electron chi connectivity index (χ1n) is 6.38. The standard InChI is InChI=1S/C15H14ClNO2/c16-14-13(15(18)19)11-8-4-5-9-12(11)17(14)10-6-2-1-3-7-10/h2,4-6,8-10H,1,3,7H2,(H,18,19). The molecular weight excluding hydrogens is 262 g/mol. The van der Waals surface area contributed by atoms with Gasteiger partial charge in [-0.15, -0.1) is 0 Å². The van der Waals surface area contributed by atoms with Gasteiger partial charge in [-0.1, -0.05) is 42.0 Å². The number of hydrogen-bond acceptors (Lipinski definition) is 1. The number of hydrogen-bond donors (Lipinski definition) is 1. The van der Waals surface area contributed by atoms with Crippen LogP contribution in [0.1, 0.15) is 35.7 Å².